The van der Waals surface area contributed by atoms with Crippen LogP contribution in [0.3, 0.4) is 0 Å². The van der Waals surface area contributed by atoms with Gasteiger partial charge in [-0.25, -0.2) is 18.1 Å². The van der Waals surface area contributed by atoms with Gasteiger partial charge in [-0.15, -0.1) is 0 Å². The van der Waals surface area contributed by atoms with Gasteiger partial charge in [-0.1, -0.05) is 18.2 Å². The predicted molar refractivity (Wildman–Crippen MR) is 65.0 cm³/mol. The summed E-state index contributed by atoms with van der Waals surface area (Å²) < 4.78 is 30.0. The maximum absolute atomic E-state index is 11.1. The Morgan fingerprint density at radius 1 is 1.59 bits per heavy atom. The highest BCUT2D eigenvalue weighted by molar-refractivity contribution is 7.92. The number of nitrogens with one attached hydrogen (secondary N) is 1. The Morgan fingerprint density at radius 3 is 3.00 bits per heavy atom. The second-order valence-corrected chi connectivity index (χ2v) is 5.34. The summed E-state index contributed by atoms with van der Waals surface area (Å²) in [4.78, 5) is 3.86. The number of sulfonamides is 1. The number of hydrogen-bond donors (Lipinski definition) is 1. The Hall–Kier alpha value is -1.37. The molecule has 90 valence electrons. The zero-order chi connectivity index (χ0) is 12.5. The van der Waals surface area contributed by atoms with Gasteiger partial charge in [0.2, 0.25) is 10.0 Å². The fourth-order valence-corrected chi connectivity index (χ4v) is 1.97. The molecular weight excluding hydrogens is 264 g/mol. The van der Waals surface area contributed by atoms with Gasteiger partial charge in [0, 0.05) is 17.0 Å². The molecule has 1 N–H and O–H groups in total. The highest BCUT2D eigenvalue weighted by atomic mass is 35.5. The van der Waals surface area contributed by atoms with Crippen molar-refractivity contribution in [2.45, 2.75) is 6.54 Å². The SMILES string of the molecule is C=CS(=O)(=O)NCc1cc2ccnc(Cl)c2o1. The molecular formula is C10H9ClN2O3S. The summed E-state index contributed by atoms with van der Waals surface area (Å²) >= 11 is 5.83. The first kappa shape index (κ1) is 12.1. The molecule has 7 heteroatoms. The summed E-state index contributed by atoms with van der Waals surface area (Å²) in [6.07, 6.45) is 1.55. The number of halogens is 1. The van der Waals surface area contributed by atoms with E-state index in [1.54, 1.807) is 18.3 Å². The lowest BCUT2D eigenvalue weighted by atomic mass is 10.3. The van der Waals surface area contributed by atoms with Gasteiger partial charge in [-0.05, 0) is 12.1 Å². The first-order valence-corrected chi connectivity index (χ1v) is 6.59. The summed E-state index contributed by atoms with van der Waals surface area (Å²) in [5.41, 5.74) is 0.446. The summed E-state index contributed by atoms with van der Waals surface area (Å²) in [6.45, 7) is 3.23. The zero-order valence-electron chi connectivity index (χ0n) is 8.68. The van der Waals surface area contributed by atoms with Crippen LogP contribution >= 0.6 is 11.6 Å². The van der Waals surface area contributed by atoms with Crippen LogP contribution in [0, 0.1) is 0 Å². The molecule has 0 radical (unpaired) electrons. The quantitative estimate of drug-likeness (QED) is 0.865. The Labute approximate surface area is 103 Å². The Balaban J connectivity index is 2.26. The molecule has 0 aliphatic rings. The minimum atomic E-state index is -3.46. The van der Waals surface area contributed by atoms with Gasteiger partial charge in [-0.2, -0.15) is 0 Å². The van der Waals surface area contributed by atoms with Crippen LogP contribution in [0.25, 0.3) is 11.0 Å². The molecule has 0 saturated heterocycles. The first-order valence-electron chi connectivity index (χ1n) is 4.67. The fraction of sp³-hybridized carbons (Fsp3) is 0.100. The molecule has 0 bridgehead atoms. The van der Waals surface area contributed by atoms with Gasteiger partial charge in [0.05, 0.1) is 6.54 Å². The minimum absolute atomic E-state index is 0.0410. The third kappa shape index (κ3) is 2.66. The van der Waals surface area contributed by atoms with E-state index in [0.717, 1.165) is 10.8 Å². The van der Waals surface area contributed by atoms with Crippen molar-refractivity contribution in [2.24, 2.45) is 0 Å². The topological polar surface area (TPSA) is 72.2 Å². The summed E-state index contributed by atoms with van der Waals surface area (Å²) in [5.74, 6) is 0.459. The van der Waals surface area contributed by atoms with Crippen molar-refractivity contribution in [1.29, 1.82) is 0 Å². The first-order chi connectivity index (χ1) is 8.02. The maximum Gasteiger partial charge on any atom is 0.233 e. The van der Waals surface area contributed by atoms with Gasteiger partial charge >= 0.3 is 0 Å². The van der Waals surface area contributed by atoms with Crippen molar-refractivity contribution in [3.05, 3.63) is 41.2 Å². The Morgan fingerprint density at radius 2 is 2.35 bits per heavy atom. The van der Waals surface area contributed by atoms with E-state index in [1.807, 2.05) is 0 Å². The second kappa shape index (κ2) is 4.48. The largest absolute Gasteiger partial charge is 0.456 e. The molecule has 2 rings (SSSR count). The normalized spacial score (nSPS) is 11.8. The fourth-order valence-electron chi connectivity index (χ4n) is 1.30. The standard InChI is InChI=1S/C10H9ClN2O3S/c1-2-17(14,15)13-6-8-5-7-3-4-12-10(11)9(7)16-8/h2-5,13H,1,6H2. The van der Waals surface area contributed by atoms with E-state index in [-0.39, 0.29) is 11.7 Å². The van der Waals surface area contributed by atoms with Crippen molar-refractivity contribution >= 4 is 32.6 Å². The predicted octanol–water partition coefficient (Wildman–Crippen LogP) is 2.04. The molecule has 17 heavy (non-hydrogen) atoms. The molecule has 0 fully saturated rings. The summed E-state index contributed by atoms with van der Waals surface area (Å²) in [6, 6.07) is 3.44. The second-order valence-electron chi connectivity index (χ2n) is 3.27. The molecule has 0 atom stereocenters. The highest BCUT2D eigenvalue weighted by Gasteiger charge is 2.10. The number of hydrogen-bond acceptors (Lipinski definition) is 4. The van der Waals surface area contributed by atoms with Crippen molar-refractivity contribution in [3.63, 3.8) is 0 Å². The van der Waals surface area contributed by atoms with E-state index < -0.39 is 10.0 Å². The lowest BCUT2D eigenvalue weighted by molar-refractivity contribution is 0.532. The van der Waals surface area contributed by atoms with Crippen LogP contribution in [0.5, 0.6) is 0 Å². The van der Waals surface area contributed by atoms with E-state index in [9.17, 15) is 8.42 Å². The van der Waals surface area contributed by atoms with Crippen LogP contribution in [0.4, 0.5) is 0 Å². The van der Waals surface area contributed by atoms with Crippen LogP contribution in [-0.4, -0.2) is 13.4 Å². The molecule has 2 aromatic heterocycles. The van der Waals surface area contributed by atoms with E-state index >= 15 is 0 Å². The van der Waals surface area contributed by atoms with Crippen LogP contribution in [0.2, 0.25) is 5.15 Å². The zero-order valence-corrected chi connectivity index (χ0v) is 10.3. The van der Waals surface area contributed by atoms with E-state index in [0.29, 0.717) is 11.3 Å². The van der Waals surface area contributed by atoms with Crippen molar-refractivity contribution in [1.82, 2.24) is 9.71 Å². The smallest absolute Gasteiger partial charge is 0.233 e. The molecule has 0 spiro atoms. The van der Waals surface area contributed by atoms with E-state index in [4.69, 9.17) is 16.0 Å². The summed E-state index contributed by atoms with van der Waals surface area (Å²) in [7, 11) is -3.46. The maximum atomic E-state index is 11.1. The average Bonchev–Trinajstić information content (AvgIpc) is 2.71. The highest BCUT2D eigenvalue weighted by Crippen LogP contribution is 2.24. The monoisotopic (exact) mass is 272 g/mol. The lowest BCUT2D eigenvalue weighted by Gasteiger charge is -1.98. The Bertz CT molecular complexity index is 663. The molecule has 0 saturated carbocycles. The molecule has 0 aromatic carbocycles. The molecule has 0 aliphatic carbocycles. The van der Waals surface area contributed by atoms with Crippen molar-refractivity contribution in [3.8, 4) is 0 Å². The van der Waals surface area contributed by atoms with Crippen LogP contribution < -0.4 is 4.72 Å². The van der Waals surface area contributed by atoms with Gasteiger partial charge in [0.15, 0.2) is 10.7 Å². The van der Waals surface area contributed by atoms with Crippen molar-refractivity contribution < 1.29 is 12.8 Å². The van der Waals surface area contributed by atoms with E-state index in [1.165, 1.54) is 0 Å². The van der Waals surface area contributed by atoms with Gasteiger partial charge in [0.1, 0.15) is 5.76 Å². The van der Waals surface area contributed by atoms with Crippen LogP contribution in [0.1, 0.15) is 5.76 Å². The number of aromatic nitrogens is 1. The number of furan rings is 1. The van der Waals surface area contributed by atoms with E-state index in [2.05, 4.69) is 16.3 Å². The lowest BCUT2D eigenvalue weighted by Crippen LogP contribution is -2.19. The molecule has 0 amide bonds. The molecule has 0 unspecified atom stereocenters. The third-order valence-electron chi connectivity index (χ3n) is 2.11. The van der Waals surface area contributed by atoms with Crippen LogP contribution in [0.15, 0.2) is 34.7 Å². The number of rotatable bonds is 4. The average molecular weight is 273 g/mol. The van der Waals surface area contributed by atoms with Gasteiger partial charge < -0.3 is 4.42 Å². The van der Waals surface area contributed by atoms with Gasteiger partial charge in [-0.3, -0.25) is 0 Å². The molecule has 5 nitrogen and oxygen atoms in total. The third-order valence-corrected chi connectivity index (χ3v) is 3.36. The Kier molecular flexibility index (Phi) is 3.19. The molecule has 2 heterocycles. The molecule has 0 aliphatic heterocycles. The van der Waals surface area contributed by atoms with Gasteiger partial charge in [0.25, 0.3) is 0 Å². The number of fused-ring (bicyclic) bond motifs is 1. The molecule has 2 aromatic rings. The minimum Gasteiger partial charge on any atom is -0.456 e. The summed E-state index contributed by atoms with van der Waals surface area (Å²) in [5, 5.41) is 1.86. The van der Waals surface area contributed by atoms with Crippen LogP contribution in [-0.2, 0) is 16.6 Å². The van der Waals surface area contributed by atoms with Crippen molar-refractivity contribution in [2.75, 3.05) is 0 Å². The number of pyridine rings is 1. The number of nitrogens with zero attached hydrogens (tertiary/aromatic N) is 1.